The minimum absolute atomic E-state index is 0.227. The summed E-state index contributed by atoms with van der Waals surface area (Å²) < 4.78 is 130. The van der Waals surface area contributed by atoms with Crippen molar-refractivity contribution in [2.24, 2.45) is 0 Å². The van der Waals surface area contributed by atoms with Gasteiger partial charge in [-0.15, -0.1) is 0 Å². The lowest BCUT2D eigenvalue weighted by atomic mass is 10.9. The van der Waals surface area contributed by atoms with Crippen molar-refractivity contribution in [2.75, 3.05) is 85.3 Å². The Morgan fingerprint density at radius 1 is 0.368 bits per heavy atom. The van der Waals surface area contributed by atoms with E-state index in [0.29, 0.717) is 36.3 Å². The molecule has 2 heterocycles. The third-order valence-electron chi connectivity index (χ3n) is 10.1. The van der Waals surface area contributed by atoms with E-state index in [4.69, 9.17) is 92.0 Å². The van der Waals surface area contributed by atoms with Gasteiger partial charge in [0.25, 0.3) is 0 Å². The first-order valence-electron chi connectivity index (χ1n) is 18.4. The second kappa shape index (κ2) is 22.3. The summed E-state index contributed by atoms with van der Waals surface area (Å²) in [6.07, 6.45) is 0. The van der Waals surface area contributed by atoms with Crippen molar-refractivity contribution in [1.82, 2.24) is 0 Å². The average molecular weight is 1000 g/mol. The van der Waals surface area contributed by atoms with Gasteiger partial charge in [-0.05, 0) is 50.4 Å². The highest BCUT2D eigenvalue weighted by atomic mass is 28.5. The van der Waals surface area contributed by atoms with Crippen molar-refractivity contribution in [3.05, 3.63) is 0 Å². The van der Waals surface area contributed by atoms with Gasteiger partial charge in [-0.2, -0.15) is 0 Å². The Morgan fingerprint density at radius 2 is 0.684 bits per heavy atom. The topological polar surface area (TPSA) is 194 Å². The summed E-state index contributed by atoms with van der Waals surface area (Å²) in [6.45, 7) is 11.2. The maximum atomic E-state index is 7.40. The molecule has 2 bridgehead atoms. The molecule has 57 heavy (non-hydrogen) atoms. The van der Waals surface area contributed by atoms with E-state index in [2.05, 4.69) is 0 Å². The Balaban J connectivity index is 2.85. The van der Waals surface area contributed by atoms with Gasteiger partial charge in [0.2, 0.25) is 0 Å². The summed E-state index contributed by atoms with van der Waals surface area (Å²) in [7, 11) is -15.8. The first-order chi connectivity index (χ1) is 26.5. The van der Waals surface area contributed by atoms with Crippen LogP contribution >= 0.6 is 0 Å². The first kappa shape index (κ1) is 54.5. The molecule has 0 radical (unpaired) electrons. The molecule has 2 aliphatic rings. The van der Waals surface area contributed by atoms with Crippen LogP contribution in [0.3, 0.4) is 0 Å². The molecule has 21 nitrogen and oxygen atoms in total. The Morgan fingerprint density at radius 3 is 0.947 bits per heavy atom. The number of hydrogen-bond donors (Lipinski definition) is 0. The molecule has 2 fully saturated rings. The fourth-order valence-corrected chi connectivity index (χ4v) is 48.6. The summed E-state index contributed by atoms with van der Waals surface area (Å²) in [5.74, 6) is 0. The van der Waals surface area contributed by atoms with Gasteiger partial charge in [0, 0.05) is 123 Å². The first-order valence-corrected chi connectivity index (χ1v) is 40.6. The molecule has 0 spiro atoms. The third kappa shape index (κ3) is 14.7. The average Bonchev–Trinajstić information content (AvgIpc) is 3.19. The van der Waals surface area contributed by atoms with Gasteiger partial charge in [0.05, 0.1) is 0 Å². The van der Waals surface area contributed by atoms with Crippen LogP contribution in [0.25, 0.3) is 0 Å². The zero-order valence-electron chi connectivity index (χ0n) is 37.2. The number of rotatable bonds is 18. The molecule has 2 aliphatic heterocycles. The monoisotopic (exact) mass is 998 g/mol. The van der Waals surface area contributed by atoms with Gasteiger partial charge >= 0.3 is 87.1 Å². The second-order valence-electron chi connectivity index (χ2n) is 14.3. The minimum atomic E-state index is -3.67. The van der Waals surface area contributed by atoms with Crippen molar-refractivity contribution < 1.29 is 92.0 Å². The van der Waals surface area contributed by atoms with Crippen LogP contribution in [-0.4, -0.2) is 172 Å². The standard InChI is InChI=1S/C26H70O21Si10/c1-27-52(17)39-41-56(35-9,36-10)25-21-50(15)44-48(13,19-23-54(29-3,30-4)31-5)43-49(14,20-24-55(32-6,33-7)34-8)45-51(16,46-50)22-26-57(37-11,38-12)42-40-53(18,28-2)47-52/h19-26H2,1-18H3. The van der Waals surface area contributed by atoms with Crippen LogP contribution in [0.1, 0.15) is 0 Å². The normalized spacial score (nSPS) is 35.1. The molecule has 31 heteroatoms. The van der Waals surface area contributed by atoms with Gasteiger partial charge in [0.15, 0.2) is 0 Å². The van der Waals surface area contributed by atoms with Crippen molar-refractivity contribution in [1.29, 1.82) is 0 Å². The van der Waals surface area contributed by atoms with Crippen LogP contribution in [0.4, 0.5) is 0 Å². The predicted octanol–water partition coefficient (Wildman–Crippen LogP) is 3.93. The maximum absolute atomic E-state index is 7.40. The van der Waals surface area contributed by atoms with Gasteiger partial charge < -0.3 is 73.7 Å². The van der Waals surface area contributed by atoms with Crippen LogP contribution < -0.4 is 0 Å². The minimum Gasteiger partial charge on any atom is -0.416 e. The molecule has 0 aromatic heterocycles. The van der Waals surface area contributed by atoms with Crippen LogP contribution in [0.2, 0.25) is 87.6 Å². The fraction of sp³-hybridized carbons (Fsp3) is 1.00. The van der Waals surface area contributed by atoms with E-state index in [9.17, 15) is 0 Å². The molecule has 2 rings (SSSR count). The van der Waals surface area contributed by atoms with Crippen LogP contribution in [-0.2, 0) is 92.0 Å². The highest BCUT2D eigenvalue weighted by molar-refractivity contribution is 6.95. The van der Waals surface area contributed by atoms with Gasteiger partial charge in [-0.3, -0.25) is 0 Å². The predicted molar refractivity (Wildman–Crippen MR) is 225 cm³/mol. The van der Waals surface area contributed by atoms with Crippen LogP contribution in [0.5, 0.6) is 0 Å². The lowest BCUT2D eigenvalue weighted by molar-refractivity contribution is -0.220. The van der Waals surface area contributed by atoms with E-state index in [0.717, 1.165) is 0 Å². The fourth-order valence-electron chi connectivity index (χ4n) is 6.55. The lowest BCUT2D eigenvalue weighted by Gasteiger charge is -2.51. The Hall–Kier alpha value is 1.33. The Labute approximate surface area is 350 Å². The summed E-state index contributed by atoms with van der Waals surface area (Å²) >= 11 is 0. The van der Waals surface area contributed by atoms with Crippen molar-refractivity contribution in [3.8, 4) is 0 Å². The second-order valence-corrected chi connectivity index (χ2v) is 45.9. The quantitative estimate of drug-likeness (QED) is 0.142. The van der Waals surface area contributed by atoms with Gasteiger partial charge in [-0.25, -0.2) is 18.3 Å². The summed E-state index contributed by atoms with van der Waals surface area (Å²) in [5, 5.41) is 0. The molecular weight excluding hydrogens is 929 g/mol. The van der Waals surface area contributed by atoms with Crippen molar-refractivity contribution in [2.45, 2.75) is 87.6 Å². The highest BCUT2D eigenvalue weighted by Crippen LogP contribution is 2.42. The van der Waals surface area contributed by atoms with Gasteiger partial charge in [0.1, 0.15) is 0 Å². The molecule has 0 amide bonds. The summed E-state index contributed by atoms with van der Waals surface area (Å²) in [5.41, 5.74) is 0. The van der Waals surface area contributed by atoms with E-state index < -0.39 is 87.1 Å². The van der Waals surface area contributed by atoms with Crippen molar-refractivity contribution >= 4 is 87.1 Å². The van der Waals surface area contributed by atoms with E-state index in [1.807, 2.05) is 26.2 Å². The highest BCUT2D eigenvalue weighted by Gasteiger charge is 2.62. The molecule has 0 aromatic carbocycles. The largest absolute Gasteiger partial charge is 0.528 e. The summed E-state index contributed by atoms with van der Waals surface area (Å²) in [4.78, 5) is 0. The van der Waals surface area contributed by atoms with E-state index in [1.54, 1.807) is 55.8 Å². The molecule has 0 saturated carbocycles. The zero-order valence-corrected chi connectivity index (χ0v) is 47.2. The zero-order chi connectivity index (χ0) is 43.5. The van der Waals surface area contributed by atoms with Crippen LogP contribution in [0, 0.1) is 0 Å². The molecule has 6 unspecified atom stereocenters. The van der Waals surface area contributed by atoms with E-state index >= 15 is 0 Å². The molecule has 0 aliphatic carbocycles. The van der Waals surface area contributed by atoms with Crippen molar-refractivity contribution in [3.63, 3.8) is 0 Å². The molecule has 6 atom stereocenters. The van der Waals surface area contributed by atoms with E-state index in [1.165, 1.54) is 42.7 Å². The Bertz CT molecular complexity index is 1110. The molecule has 340 valence electrons. The third-order valence-corrected chi connectivity index (χ3v) is 46.5. The van der Waals surface area contributed by atoms with Gasteiger partial charge in [-0.1, -0.05) is 0 Å². The molecular formula is C26H70O21Si10. The SMILES string of the molecule is CO[Si]1(C)OO[Si](OC)(OC)CC[Si]2(C)O[Si](C)(CC[Si](OC)(OC)OC)O[Si](C)(CC[Si](OC)(OC)OC)O[Si](C)(CC[Si](OC)(OC)OO[Si](C)(OC)O1)O2. The maximum Gasteiger partial charge on any atom is 0.528 e. The molecule has 0 N–H and O–H groups in total. The number of hydrogen-bond acceptors (Lipinski definition) is 21. The lowest BCUT2D eigenvalue weighted by Crippen LogP contribution is -2.68. The Kier molecular flexibility index (Phi) is 21.3. The molecule has 0 aromatic rings. The van der Waals surface area contributed by atoms with Crippen LogP contribution in [0.15, 0.2) is 0 Å². The number of fused-ring (bicyclic) bond motifs is 2. The summed E-state index contributed by atoms with van der Waals surface area (Å²) in [6, 6.07) is 2.83. The smallest absolute Gasteiger partial charge is 0.416 e. The molecule has 2 saturated heterocycles. The van der Waals surface area contributed by atoms with E-state index in [-0.39, 0.29) is 12.1 Å².